The van der Waals surface area contributed by atoms with Crippen molar-refractivity contribution in [1.29, 1.82) is 0 Å². The molecule has 2 unspecified atom stereocenters. The van der Waals surface area contributed by atoms with E-state index >= 15 is 0 Å². The van der Waals surface area contributed by atoms with Crippen LogP contribution in [0.1, 0.15) is 34.6 Å². The molecule has 1 aliphatic rings. The maximum atomic E-state index is 13.7. The Bertz CT molecular complexity index is 717. The number of nitrogens with one attached hydrogen (secondary N) is 1. The summed E-state index contributed by atoms with van der Waals surface area (Å²) in [6, 6.07) is 10.0. The van der Waals surface area contributed by atoms with Crippen molar-refractivity contribution in [2.24, 2.45) is 0 Å². The van der Waals surface area contributed by atoms with Gasteiger partial charge in [0.2, 0.25) is 0 Å². The van der Waals surface area contributed by atoms with E-state index in [1.165, 1.54) is 12.1 Å². The van der Waals surface area contributed by atoms with Crippen molar-refractivity contribution >= 4 is 0 Å². The van der Waals surface area contributed by atoms with Gasteiger partial charge < -0.3 is 10.1 Å². The lowest BCUT2D eigenvalue weighted by molar-refractivity contribution is 0.00645. The zero-order valence-corrected chi connectivity index (χ0v) is 14.1. The van der Waals surface area contributed by atoms with E-state index in [1.54, 1.807) is 19.1 Å². The number of aryl methyl sites for hydroxylation is 1. The first-order valence-electron chi connectivity index (χ1n) is 8.38. The molecule has 1 heterocycles. The van der Waals surface area contributed by atoms with Crippen molar-refractivity contribution in [1.82, 2.24) is 5.32 Å². The van der Waals surface area contributed by atoms with Gasteiger partial charge in [0, 0.05) is 12.5 Å². The van der Waals surface area contributed by atoms with Crippen LogP contribution in [0.3, 0.4) is 0 Å². The summed E-state index contributed by atoms with van der Waals surface area (Å²) >= 11 is 0. The number of piperidine rings is 1. The number of hydrogen-bond acceptors (Lipinski definition) is 2. The molecular formula is C20H23F2NO. The maximum absolute atomic E-state index is 13.7. The minimum Gasteiger partial charge on any atom is -0.373 e. The van der Waals surface area contributed by atoms with E-state index in [1.807, 2.05) is 19.1 Å². The third-order valence-corrected chi connectivity index (χ3v) is 4.88. The van der Waals surface area contributed by atoms with E-state index in [0.717, 1.165) is 36.2 Å². The molecule has 1 N–H and O–H groups in total. The molecule has 1 aliphatic heterocycles. The Hall–Kier alpha value is -1.78. The molecule has 0 saturated carbocycles. The van der Waals surface area contributed by atoms with Crippen LogP contribution >= 0.6 is 0 Å². The standard InChI is InChI=1S/C20H23F2NO/c1-13-10-16(21)6-7-17(13)18-11-23-9-8-20(18)24-12-15-4-3-5-19(22)14(15)2/h3-7,10,18,20,23H,8-9,11-12H2,1-2H3. The first kappa shape index (κ1) is 17.1. The Morgan fingerprint density at radius 3 is 2.79 bits per heavy atom. The van der Waals surface area contributed by atoms with Crippen molar-refractivity contribution < 1.29 is 13.5 Å². The van der Waals surface area contributed by atoms with E-state index < -0.39 is 0 Å². The van der Waals surface area contributed by atoms with Crippen molar-refractivity contribution in [3.8, 4) is 0 Å². The van der Waals surface area contributed by atoms with Crippen LogP contribution in [-0.2, 0) is 11.3 Å². The molecule has 3 rings (SSSR count). The van der Waals surface area contributed by atoms with Crippen LogP contribution < -0.4 is 5.32 Å². The number of ether oxygens (including phenoxy) is 1. The Morgan fingerprint density at radius 2 is 2.00 bits per heavy atom. The SMILES string of the molecule is Cc1cc(F)ccc1C1CNCCC1OCc1cccc(F)c1C. The second-order valence-electron chi connectivity index (χ2n) is 6.47. The average Bonchev–Trinajstić information content (AvgIpc) is 2.57. The number of rotatable bonds is 4. The lowest BCUT2D eigenvalue weighted by Crippen LogP contribution is -2.40. The van der Waals surface area contributed by atoms with Gasteiger partial charge >= 0.3 is 0 Å². The van der Waals surface area contributed by atoms with E-state index in [2.05, 4.69) is 5.32 Å². The topological polar surface area (TPSA) is 21.3 Å². The summed E-state index contributed by atoms with van der Waals surface area (Å²) in [6.07, 6.45) is 0.925. The summed E-state index contributed by atoms with van der Waals surface area (Å²) in [5.74, 6) is -0.242. The molecule has 2 nitrogen and oxygen atoms in total. The molecule has 0 radical (unpaired) electrons. The van der Waals surface area contributed by atoms with Crippen molar-refractivity contribution in [3.05, 3.63) is 70.3 Å². The van der Waals surface area contributed by atoms with Gasteiger partial charge in [-0.25, -0.2) is 8.78 Å². The van der Waals surface area contributed by atoms with E-state index in [-0.39, 0.29) is 23.7 Å². The summed E-state index contributed by atoms with van der Waals surface area (Å²) in [7, 11) is 0. The highest BCUT2D eigenvalue weighted by Gasteiger charge is 2.28. The highest BCUT2D eigenvalue weighted by Crippen LogP contribution is 2.30. The molecule has 0 aromatic heterocycles. The van der Waals surface area contributed by atoms with Gasteiger partial charge in [-0.05, 0) is 67.3 Å². The van der Waals surface area contributed by atoms with E-state index in [9.17, 15) is 8.78 Å². The quantitative estimate of drug-likeness (QED) is 0.904. The lowest BCUT2D eigenvalue weighted by atomic mass is 9.86. The van der Waals surface area contributed by atoms with Crippen LogP contribution in [0.2, 0.25) is 0 Å². The predicted molar refractivity (Wildman–Crippen MR) is 91.1 cm³/mol. The Labute approximate surface area is 141 Å². The van der Waals surface area contributed by atoms with Gasteiger partial charge in [0.15, 0.2) is 0 Å². The fourth-order valence-electron chi connectivity index (χ4n) is 3.40. The molecule has 128 valence electrons. The molecule has 2 aromatic carbocycles. The van der Waals surface area contributed by atoms with Gasteiger partial charge in [-0.3, -0.25) is 0 Å². The first-order valence-corrected chi connectivity index (χ1v) is 8.38. The minimum atomic E-state index is -0.215. The fourth-order valence-corrected chi connectivity index (χ4v) is 3.40. The second-order valence-corrected chi connectivity index (χ2v) is 6.47. The molecule has 0 bridgehead atoms. The summed E-state index contributed by atoms with van der Waals surface area (Å²) in [5.41, 5.74) is 3.58. The molecule has 24 heavy (non-hydrogen) atoms. The predicted octanol–water partition coefficient (Wildman–Crippen LogP) is 4.24. The van der Waals surface area contributed by atoms with Crippen LogP contribution in [0.15, 0.2) is 36.4 Å². The smallest absolute Gasteiger partial charge is 0.126 e. The lowest BCUT2D eigenvalue weighted by Gasteiger charge is -2.33. The van der Waals surface area contributed by atoms with Gasteiger partial charge in [-0.2, -0.15) is 0 Å². The van der Waals surface area contributed by atoms with Crippen LogP contribution in [0.5, 0.6) is 0 Å². The largest absolute Gasteiger partial charge is 0.373 e. The summed E-state index contributed by atoms with van der Waals surface area (Å²) < 4.78 is 33.2. The molecule has 0 spiro atoms. The van der Waals surface area contributed by atoms with Crippen molar-refractivity contribution in [2.45, 2.75) is 38.9 Å². The van der Waals surface area contributed by atoms with Gasteiger partial charge in [0.25, 0.3) is 0 Å². The third-order valence-electron chi connectivity index (χ3n) is 4.88. The average molecular weight is 331 g/mol. The molecule has 4 heteroatoms. The highest BCUT2D eigenvalue weighted by atomic mass is 19.1. The Balaban J connectivity index is 1.76. The fraction of sp³-hybridized carbons (Fsp3) is 0.400. The Kier molecular flexibility index (Phi) is 5.27. The van der Waals surface area contributed by atoms with Gasteiger partial charge in [0.1, 0.15) is 11.6 Å². The highest BCUT2D eigenvalue weighted by molar-refractivity contribution is 5.32. The number of benzene rings is 2. The molecule has 0 aliphatic carbocycles. The van der Waals surface area contributed by atoms with Gasteiger partial charge in [-0.1, -0.05) is 18.2 Å². The second kappa shape index (κ2) is 7.41. The maximum Gasteiger partial charge on any atom is 0.126 e. The molecule has 1 fully saturated rings. The van der Waals surface area contributed by atoms with Crippen LogP contribution in [0.25, 0.3) is 0 Å². The normalized spacial score (nSPS) is 21.0. The van der Waals surface area contributed by atoms with E-state index in [4.69, 9.17) is 4.74 Å². The van der Waals surface area contributed by atoms with E-state index in [0.29, 0.717) is 12.2 Å². The first-order chi connectivity index (χ1) is 11.6. The Morgan fingerprint density at radius 1 is 1.17 bits per heavy atom. The van der Waals surface area contributed by atoms with Crippen molar-refractivity contribution in [3.63, 3.8) is 0 Å². The van der Waals surface area contributed by atoms with Gasteiger partial charge in [-0.15, -0.1) is 0 Å². The molecule has 2 atom stereocenters. The molecule has 1 saturated heterocycles. The summed E-state index contributed by atoms with van der Waals surface area (Å²) in [6.45, 7) is 5.80. The van der Waals surface area contributed by atoms with Crippen LogP contribution in [0.4, 0.5) is 8.78 Å². The summed E-state index contributed by atoms with van der Waals surface area (Å²) in [5, 5.41) is 3.39. The summed E-state index contributed by atoms with van der Waals surface area (Å²) in [4.78, 5) is 0. The van der Waals surface area contributed by atoms with Crippen LogP contribution in [0, 0.1) is 25.5 Å². The molecule has 2 aromatic rings. The number of halogens is 2. The number of hydrogen-bond donors (Lipinski definition) is 1. The van der Waals surface area contributed by atoms with Gasteiger partial charge in [0.05, 0.1) is 12.7 Å². The van der Waals surface area contributed by atoms with Crippen LogP contribution in [-0.4, -0.2) is 19.2 Å². The third kappa shape index (κ3) is 3.65. The molecule has 0 amide bonds. The monoisotopic (exact) mass is 331 g/mol. The zero-order valence-electron chi connectivity index (χ0n) is 14.1. The molecular weight excluding hydrogens is 308 g/mol. The van der Waals surface area contributed by atoms with Crippen molar-refractivity contribution in [2.75, 3.05) is 13.1 Å². The minimum absolute atomic E-state index is 0.0399. The zero-order chi connectivity index (χ0) is 17.1.